The van der Waals surface area contributed by atoms with Gasteiger partial charge in [0.1, 0.15) is 11.5 Å². The highest BCUT2D eigenvalue weighted by molar-refractivity contribution is 5.15. The second-order valence-electron chi connectivity index (χ2n) is 5.89. The van der Waals surface area contributed by atoms with Crippen molar-refractivity contribution in [2.45, 2.75) is 40.0 Å². The highest BCUT2D eigenvalue weighted by Gasteiger charge is 2.25. The minimum absolute atomic E-state index is 0.0558. The van der Waals surface area contributed by atoms with Gasteiger partial charge in [0.25, 0.3) is 0 Å². The van der Waals surface area contributed by atoms with Crippen LogP contribution in [0.5, 0.6) is 0 Å². The summed E-state index contributed by atoms with van der Waals surface area (Å²) in [6.45, 7) is 11.6. The summed E-state index contributed by atoms with van der Waals surface area (Å²) < 4.78 is 5.65. The molecule has 0 bridgehead atoms. The van der Waals surface area contributed by atoms with Gasteiger partial charge in [0.05, 0.1) is 11.5 Å². The van der Waals surface area contributed by atoms with E-state index < -0.39 is 0 Å². The number of nitrogens with one attached hydrogen (secondary N) is 1. The Bertz CT molecular complexity index is 410. The molecule has 3 heteroatoms. The molecule has 1 N–H and O–H groups in total. The molecule has 3 nitrogen and oxygen atoms in total. The van der Waals surface area contributed by atoms with Gasteiger partial charge in [-0.3, -0.25) is 0 Å². The third kappa shape index (κ3) is 3.90. The fourth-order valence-electron chi connectivity index (χ4n) is 1.61. The number of aryl methyl sites for hydroxylation is 1. The molecule has 0 saturated heterocycles. The summed E-state index contributed by atoms with van der Waals surface area (Å²) >= 11 is 0. The van der Waals surface area contributed by atoms with Crippen molar-refractivity contribution in [3.05, 3.63) is 23.7 Å². The number of hydrogen-bond acceptors (Lipinski definition) is 3. The van der Waals surface area contributed by atoms with Crippen LogP contribution in [0.1, 0.15) is 39.2 Å². The molecule has 0 unspecified atom stereocenters. The molecule has 94 valence electrons. The lowest BCUT2D eigenvalue weighted by Crippen LogP contribution is -2.37. The summed E-state index contributed by atoms with van der Waals surface area (Å²) in [7, 11) is 0. The van der Waals surface area contributed by atoms with Gasteiger partial charge < -0.3 is 9.73 Å². The molecule has 0 atom stereocenters. The van der Waals surface area contributed by atoms with Crippen molar-refractivity contribution in [1.82, 2.24) is 5.32 Å². The van der Waals surface area contributed by atoms with E-state index in [1.807, 2.05) is 32.9 Å². The van der Waals surface area contributed by atoms with Crippen LogP contribution in [0.15, 0.2) is 16.5 Å². The molecule has 0 aliphatic carbocycles. The first-order valence-electron chi connectivity index (χ1n) is 5.96. The van der Waals surface area contributed by atoms with Crippen molar-refractivity contribution < 1.29 is 4.42 Å². The minimum atomic E-state index is -0.324. The highest BCUT2D eigenvalue weighted by atomic mass is 16.3. The summed E-state index contributed by atoms with van der Waals surface area (Å²) in [6.07, 6.45) is 0. The summed E-state index contributed by atoms with van der Waals surface area (Å²) in [4.78, 5) is 0. The van der Waals surface area contributed by atoms with Crippen LogP contribution < -0.4 is 5.32 Å². The van der Waals surface area contributed by atoms with Gasteiger partial charge in [-0.2, -0.15) is 5.26 Å². The highest BCUT2D eigenvalue weighted by Crippen LogP contribution is 2.24. The van der Waals surface area contributed by atoms with Gasteiger partial charge in [-0.25, -0.2) is 0 Å². The second kappa shape index (κ2) is 4.93. The molecule has 1 aromatic heterocycles. The quantitative estimate of drug-likeness (QED) is 0.852. The fraction of sp³-hybridized carbons (Fsp3) is 0.643. The smallest absolute Gasteiger partial charge is 0.111 e. The minimum Gasteiger partial charge on any atom is -0.466 e. The average molecular weight is 234 g/mol. The zero-order valence-corrected chi connectivity index (χ0v) is 11.4. The predicted octanol–water partition coefficient (Wildman–Crippen LogP) is 3.01. The largest absolute Gasteiger partial charge is 0.466 e. The van der Waals surface area contributed by atoms with Crippen molar-refractivity contribution in [3.63, 3.8) is 0 Å². The van der Waals surface area contributed by atoms with E-state index in [2.05, 4.69) is 25.2 Å². The first kappa shape index (κ1) is 13.8. The van der Waals surface area contributed by atoms with Crippen LogP contribution in [-0.2, 0) is 5.41 Å². The molecule has 0 aliphatic heterocycles. The Hall–Kier alpha value is -1.27. The van der Waals surface area contributed by atoms with Crippen LogP contribution >= 0.6 is 0 Å². The van der Waals surface area contributed by atoms with E-state index >= 15 is 0 Å². The second-order valence-corrected chi connectivity index (χ2v) is 5.89. The third-order valence-corrected chi connectivity index (χ3v) is 2.84. The third-order valence-electron chi connectivity index (χ3n) is 2.84. The van der Waals surface area contributed by atoms with E-state index in [1.54, 1.807) is 0 Å². The Morgan fingerprint density at radius 1 is 1.24 bits per heavy atom. The lowest BCUT2D eigenvalue weighted by Gasteiger charge is -2.25. The topological polar surface area (TPSA) is 49.0 Å². The maximum Gasteiger partial charge on any atom is 0.111 e. The van der Waals surface area contributed by atoms with E-state index in [9.17, 15) is 0 Å². The van der Waals surface area contributed by atoms with Gasteiger partial charge >= 0.3 is 0 Å². The molecule has 1 heterocycles. The molecule has 0 fully saturated rings. The molecular formula is C14H22N2O. The zero-order valence-electron chi connectivity index (χ0n) is 11.4. The maximum absolute atomic E-state index is 8.94. The van der Waals surface area contributed by atoms with Crippen LogP contribution in [0.25, 0.3) is 0 Å². The Labute approximate surface area is 104 Å². The standard InChI is InChI=1S/C14H22N2O/c1-11-6-7-12(17-11)14(4,5)10-16-9-13(2,3)8-15/h6-7,16H,9-10H2,1-5H3. The van der Waals surface area contributed by atoms with Crippen molar-refractivity contribution in [3.8, 4) is 6.07 Å². The Morgan fingerprint density at radius 3 is 2.35 bits per heavy atom. The Kier molecular flexibility index (Phi) is 4.00. The van der Waals surface area contributed by atoms with Crippen molar-refractivity contribution in [2.24, 2.45) is 5.41 Å². The molecule has 1 aromatic rings. The summed E-state index contributed by atoms with van der Waals surface area (Å²) in [5, 5.41) is 12.3. The maximum atomic E-state index is 8.94. The van der Waals surface area contributed by atoms with Crippen LogP contribution in [0, 0.1) is 23.7 Å². The molecule has 0 aromatic carbocycles. The Morgan fingerprint density at radius 2 is 1.88 bits per heavy atom. The molecule has 0 radical (unpaired) electrons. The van der Waals surface area contributed by atoms with Gasteiger partial charge in [0.15, 0.2) is 0 Å². The summed E-state index contributed by atoms with van der Waals surface area (Å²) in [5.41, 5.74) is -0.380. The van der Waals surface area contributed by atoms with Gasteiger partial charge in [0, 0.05) is 18.5 Å². The summed E-state index contributed by atoms with van der Waals surface area (Å²) in [5.74, 6) is 1.92. The monoisotopic (exact) mass is 234 g/mol. The number of furan rings is 1. The predicted molar refractivity (Wildman–Crippen MR) is 68.7 cm³/mol. The van der Waals surface area contributed by atoms with Crippen LogP contribution in [0.2, 0.25) is 0 Å². The lowest BCUT2D eigenvalue weighted by molar-refractivity contribution is 0.339. The number of nitrogens with zero attached hydrogens (tertiary/aromatic N) is 1. The van der Waals surface area contributed by atoms with Crippen LogP contribution in [0.3, 0.4) is 0 Å². The zero-order chi connectivity index (χ0) is 13.1. The molecule has 1 rings (SSSR count). The number of hydrogen-bond donors (Lipinski definition) is 1. The van der Waals surface area contributed by atoms with E-state index in [0.717, 1.165) is 18.1 Å². The van der Waals surface area contributed by atoms with Gasteiger partial charge in [0.2, 0.25) is 0 Å². The first-order chi connectivity index (χ1) is 7.77. The van der Waals surface area contributed by atoms with E-state index in [1.165, 1.54) is 0 Å². The molecule has 0 spiro atoms. The molecular weight excluding hydrogens is 212 g/mol. The summed E-state index contributed by atoms with van der Waals surface area (Å²) in [6, 6.07) is 6.29. The SMILES string of the molecule is Cc1ccc(C(C)(C)CNCC(C)(C)C#N)o1. The first-order valence-corrected chi connectivity index (χ1v) is 5.96. The van der Waals surface area contributed by atoms with Crippen molar-refractivity contribution >= 4 is 0 Å². The number of nitriles is 1. The van der Waals surface area contributed by atoms with Crippen molar-refractivity contribution in [2.75, 3.05) is 13.1 Å². The molecule has 0 aliphatic rings. The van der Waals surface area contributed by atoms with Gasteiger partial charge in [-0.15, -0.1) is 0 Å². The molecule has 17 heavy (non-hydrogen) atoms. The van der Waals surface area contributed by atoms with E-state index in [-0.39, 0.29) is 10.8 Å². The average Bonchev–Trinajstić information content (AvgIpc) is 2.65. The normalized spacial score (nSPS) is 12.5. The number of rotatable bonds is 5. The van der Waals surface area contributed by atoms with Gasteiger partial charge in [-0.1, -0.05) is 13.8 Å². The fourth-order valence-corrected chi connectivity index (χ4v) is 1.61. The Balaban J connectivity index is 2.54. The van der Waals surface area contributed by atoms with Crippen LogP contribution in [-0.4, -0.2) is 13.1 Å². The molecule has 0 saturated carbocycles. The van der Waals surface area contributed by atoms with Gasteiger partial charge in [-0.05, 0) is 32.9 Å². The molecule has 0 amide bonds. The van der Waals surface area contributed by atoms with Crippen LogP contribution in [0.4, 0.5) is 0 Å². The van der Waals surface area contributed by atoms with Crippen molar-refractivity contribution in [1.29, 1.82) is 5.26 Å². The lowest BCUT2D eigenvalue weighted by atomic mass is 9.89. The van der Waals surface area contributed by atoms with E-state index in [4.69, 9.17) is 9.68 Å². The van der Waals surface area contributed by atoms with E-state index in [0.29, 0.717) is 6.54 Å².